The van der Waals surface area contributed by atoms with Gasteiger partial charge in [-0.3, -0.25) is 5.73 Å². The van der Waals surface area contributed by atoms with Gasteiger partial charge in [0.25, 0.3) is 0 Å². The van der Waals surface area contributed by atoms with E-state index in [-0.39, 0.29) is 10.5 Å². The average Bonchev–Trinajstić information content (AvgIpc) is 1.58. The molecule has 10 heavy (non-hydrogen) atoms. The van der Waals surface area contributed by atoms with Gasteiger partial charge in [-0.2, -0.15) is 0 Å². The molecular weight excluding hydrogens is 196 g/mol. The summed E-state index contributed by atoms with van der Waals surface area (Å²) < 4.78 is 0. The zero-order valence-corrected chi connectivity index (χ0v) is 7.21. The Hall–Kier alpha value is 0.0400. The summed E-state index contributed by atoms with van der Waals surface area (Å²) >= 11 is 16.0. The van der Waals surface area contributed by atoms with Crippen molar-refractivity contribution in [2.24, 2.45) is 10.7 Å². The van der Waals surface area contributed by atoms with Gasteiger partial charge in [0.1, 0.15) is 5.16 Å². The average molecular weight is 202 g/mol. The second kappa shape index (κ2) is 4.79. The summed E-state index contributed by atoms with van der Waals surface area (Å²) in [7, 11) is 0. The third-order valence-electron chi connectivity index (χ3n) is 0.476. The van der Waals surface area contributed by atoms with Crippen LogP contribution in [0.15, 0.2) is 16.7 Å². The maximum atomic E-state index is 5.40. The molecule has 0 fully saturated rings. The molecule has 0 rings (SSSR count). The standard InChI is InChI=1S/C4H6Cl3N3/c1-2(5)9-4(7)10-3(6)8/h3H,1,8H2,(H,9,10)/t3-/m1/s1. The Balaban J connectivity index is 3.83. The first kappa shape index (κ1) is 10.0. The Morgan fingerprint density at radius 3 is 2.40 bits per heavy atom. The van der Waals surface area contributed by atoms with Crippen LogP contribution >= 0.6 is 34.8 Å². The van der Waals surface area contributed by atoms with Crippen molar-refractivity contribution in [3.8, 4) is 0 Å². The molecule has 58 valence electrons. The molecule has 6 heteroatoms. The molecule has 0 aliphatic heterocycles. The number of hydrogen-bond acceptors (Lipinski definition) is 2. The molecule has 0 aliphatic carbocycles. The van der Waals surface area contributed by atoms with E-state index < -0.39 is 5.62 Å². The molecule has 0 amide bonds. The maximum Gasteiger partial charge on any atom is 0.199 e. The number of hydrogen-bond donors (Lipinski definition) is 2. The Bertz CT molecular complexity index is 154. The second-order valence-electron chi connectivity index (χ2n) is 1.32. The fraction of sp³-hybridized carbons (Fsp3) is 0.250. The van der Waals surface area contributed by atoms with Gasteiger partial charge in [-0.1, -0.05) is 29.8 Å². The van der Waals surface area contributed by atoms with Crippen molar-refractivity contribution in [3.05, 3.63) is 11.7 Å². The highest BCUT2D eigenvalue weighted by Gasteiger charge is 1.97. The van der Waals surface area contributed by atoms with E-state index in [1.165, 1.54) is 0 Å². The molecule has 0 aromatic heterocycles. The fourth-order valence-corrected chi connectivity index (χ4v) is 0.759. The number of aliphatic imine (C=N–C) groups is 1. The molecule has 3 N–H and O–H groups in total. The summed E-state index contributed by atoms with van der Waals surface area (Å²) in [6.07, 6.45) is 0. The molecule has 0 aliphatic rings. The molecular formula is C4H6Cl3N3. The Morgan fingerprint density at radius 1 is 1.60 bits per heavy atom. The van der Waals surface area contributed by atoms with Crippen LogP contribution in [0.3, 0.4) is 0 Å². The van der Waals surface area contributed by atoms with Crippen molar-refractivity contribution in [1.29, 1.82) is 0 Å². The summed E-state index contributed by atoms with van der Waals surface area (Å²) in [5, 5.41) is 2.47. The van der Waals surface area contributed by atoms with Crippen LogP contribution in [-0.4, -0.2) is 10.9 Å². The summed E-state index contributed by atoms with van der Waals surface area (Å²) in [4.78, 5) is 3.50. The molecule has 0 saturated heterocycles. The lowest BCUT2D eigenvalue weighted by Gasteiger charge is -2.03. The molecule has 0 unspecified atom stereocenters. The predicted molar refractivity (Wildman–Crippen MR) is 45.2 cm³/mol. The van der Waals surface area contributed by atoms with Gasteiger partial charge >= 0.3 is 0 Å². The van der Waals surface area contributed by atoms with Crippen molar-refractivity contribution in [3.63, 3.8) is 0 Å². The molecule has 0 radical (unpaired) electrons. The molecule has 0 heterocycles. The lowest BCUT2D eigenvalue weighted by Crippen LogP contribution is -2.34. The van der Waals surface area contributed by atoms with Crippen LogP contribution in [0.2, 0.25) is 0 Å². The first-order valence-corrected chi connectivity index (χ1v) is 3.46. The minimum Gasteiger partial charge on any atom is -0.332 e. The van der Waals surface area contributed by atoms with Crippen LogP contribution in [0.25, 0.3) is 0 Å². The first-order chi connectivity index (χ1) is 4.52. The smallest absolute Gasteiger partial charge is 0.199 e. The van der Waals surface area contributed by atoms with Crippen molar-refractivity contribution >= 4 is 40.1 Å². The highest BCUT2D eigenvalue weighted by atomic mass is 35.5. The third-order valence-corrected chi connectivity index (χ3v) is 0.864. The number of nitrogens with zero attached hydrogens (tertiary/aromatic N) is 1. The number of amidine groups is 1. The van der Waals surface area contributed by atoms with E-state index in [9.17, 15) is 0 Å². The zero-order valence-electron chi connectivity index (χ0n) is 4.94. The molecule has 1 atom stereocenters. The highest BCUT2D eigenvalue weighted by molar-refractivity contribution is 6.65. The summed E-state index contributed by atoms with van der Waals surface area (Å²) in [5.41, 5.74) is 4.31. The minimum absolute atomic E-state index is 0.0162. The second-order valence-corrected chi connectivity index (χ2v) is 2.59. The molecule has 0 bridgehead atoms. The lowest BCUT2D eigenvalue weighted by atomic mass is 10.9. The monoisotopic (exact) mass is 201 g/mol. The number of halogens is 3. The Labute approximate surface area is 73.8 Å². The fourth-order valence-electron chi connectivity index (χ4n) is 0.253. The summed E-state index contributed by atoms with van der Waals surface area (Å²) in [5.74, 6) is 0. The van der Waals surface area contributed by atoms with Crippen LogP contribution < -0.4 is 11.1 Å². The Morgan fingerprint density at radius 2 is 2.10 bits per heavy atom. The van der Waals surface area contributed by atoms with Crippen molar-refractivity contribution in [1.82, 2.24) is 5.32 Å². The van der Waals surface area contributed by atoms with E-state index in [1.807, 2.05) is 0 Å². The van der Waals surface area contributed by atoms with Gasteiger partial charge in [0.05, 0.1) is 0 Å². The van der Waals surface area contributed by atoms with Crippen LogP contribution in [0.1, 0.15) is 0 Å². The molecule has 0 saturated carbocycles. The Kier molecular flexibility index (Phi) is 4.81. The van der Waals surface area contributed by atoms with Gasteiger partial charge in [0, 0.05) is 0 Å². The van der Waals surface area contributed by atoms with Gasteiger partial charge < -0.3 is 5.32 Å². The van der Waals surface area contributed by atoms with E-state index in [4.69, 9.17) is 40.5 Å². The number of nitrogens with one attached hydrogen (secondary N) is 1. The topological polar surface area (TPSA) is 50.4 Å². The van der Waals surface area contributed by atoms with Gasteiger partial charge in [-0.05, 0) is 11.6 Å². The molecule has 0 aromatic rings. The number of rotatable bonds is 2. The van der Waals surface area contributed by atoms with Gasteiger partial charge in [0.15, 0.2) is 10.9 Å². The van der Waals surface area contributed by atoms with Crippen LogP contribution in [-0.2, 0) is 0 Å². The lowest BCUT2D eigenvalue weighted by molar-refractivity contribution is 0.855. The van der Waals surface area contributed by atoms with E-state index in [0.717, 1.165) is 0 Å². The summed E-state index contributed by atoms with van der Waals surface area (Å²) in [6, 6.07) is 0. The van der Waals surface area contributed by atoms with Crippen LogP contribution in [0.5, 0.6) is 0 Å². The van der Waals surface area contributed by atoms with Crippen LogP contribution in [0.4, 0.5) is 0 Å². The van der Waals surface area contributed by atoms with Crippen molar-refractivity contribution in [2.75, 3.05) is 0 Å². The quantitative estimate of drug-likeness (QED) is 0.234. The van der Waals surface area contributed by atoms with Crippen LogP contribution in [0, 0.1) is 0 Å². The third kappa shape index (κ3) is 6.16. The zero-order chi connectivity index (χ0) is 8.15. The SMILES string of the molecule is C=C(Cl)/N=C(/Cl)N[C@@H](N)Cl. The maximum absolute atomic E-state index is 5.40. The van der Waals surface area contributed by atoms with Gasteiger partial charge in [0.2, 0.25) is 0 Å². The van der Waals surface area contributed by atoms with E-state index in [2.05, 4.69) is 16.9 Å². The number of alkyl halides is 1. The van der Waals surface area contributed by atoms with Gasteiger partial charge in [-0.15, -0.1) is 0 Å². The summed E-state index contributed by atoms with van der Waals surface area (Å²) in [6.45, 7) is 3.27. The van der Waals surface area contributed by atoms with E-state index in [1.54, 1.807) is 0 Å². The van der Waals surface area contributed by atoms with Crippen molar-refractivity contribution < 1.29 is 0 Å². The predicted octanol–water partition coefficient (Wildman–Crippen LogP) is 1.36. The van der Waals surface area contributed by atoms with E-state index in [0.29, 0.717) is 0 Å². The highest BCUT2D eigenvalue weighted by Crippen LogP contribution is 1.99. The molecule has 3 nitrogen and oxygen atoms in total. The molecule has 0 spiro atoms. The van der Waals surface area contributed by atoms with Crippen molar-refractivity contribution in [2.45, 2.75) is 5.62 Å². The normalized spacial score (nSPS) is 14.6. The minimum atomic E-state index is -0.771. The van der Waals surface area contributed by atoms with Gasteiger partial charge in [-0.25, -0.2) is 4.99 Å². The molecule has 0 aromatic carbocycles. The largest absolute Gasteiger partial charge is 0.332 e. The van der Waals surface area contributed by atoms with E-state index >= 15 is 0 Å². The first-order valence-electron chi connectivity index (χ1n) is 2.27. The number of nitrogens with two attached hydrogens (primary N) is 1.